The Bertz CT molecular complexity index is 331. The second-order valence-corrected chi connectivity index (χ2v) is 3.19. The van der Waals surface area contributed by atoms with Crippen molar-refractivity contribution in [2.75, 3.05) is 6.61 Å². The summed E-state index contributed by atoms with van der Waals surface area (Å²) < 4.78 is 5.09. The van der Waals surface area contributed by atoms with E-state index in [1.807, 2.05) is 19.1 Å². The van der Waals surface area contributed by atoms with Crippen molar-refractivity contribution in [3.05, 3.63) is 29.3 Å². The van der Waals surface area contributed by atoms with E-state index in [0.717, 1.165) is 17.5 Å². The molecule has 14 heavy (non-hydrogen) atoms. The van der Waals surface area contributed by atoms with E-state index in [0.29, 0.717) is 5.75 Å². The molecule has 1 rings (SSSR count). The molecule has 0 fully saturated rings. The normalized spacial score (nSPS) is 9.86. The first-order valence-electron chi connectivity index (χ1n) is 4.57. The molecule has 0 spiro atoms. The van der Waals surface area contributed by atoms with Gasteiger partial charge in [-0.1, -0.05) is 13.0 Å². The fraction of sp³-hybridized carbons (Fsp3) is 0.364. The molecule has 0 unspecified atom stereocenters. The van der Waals surface area contributed by atoms with E-state index in [9.17, 15) is 4.79 Å². The van der Waals surface area contributed by atoms with Gasteiger partial charge in [0.25, 0.3) is 0 Å². The highest BCUT2D eigenvalue weighted by atomic mass is 16.5. The summed E-state index contributed by atoms with van der Waals surface area (Å²) in [6, 6.07) is 5.77. The van der Waals surface area contributed by atoms with E-state index in [4.69, 9.17) is 9.84 Å². The third kappa shape index (κ3) is 3.09. The van der Waals surface area contributed by atoms with Crippen LogP contribution in [0, 0.1) is 6.92 Å². The second-order valence-electron chi connectivity index (χ2n) is 3.19. The predicted octanol–water partition coefficient (Wildman–Crippen LogP) is 2.02. The molecular weight excluding hydrogens is 180 g/mol. The lowest BCUT2D eigenvalue weighted by Gasteiger charge is -2.06. The number of aliphatic carboxylic acids is 1. The summed E-state index contributed by atoms with van der Waals surface area (Å²) in [5.74, 6) is -0.325. The molecular formula is C11H14O3. The van der Waals surface area contributed by atoms with Crippen molar-refractivity contribution < 1.29 is 14.6 Å². The molecule has 0 aliphatic carbocycles. The molecule has 76 valence electrons. The highest BCUT2D eigenvalue weighted by molar-refractivity contribution is 5.68. The Morgan fingerprint density at radius 3 is 2.71 bits per heavy atom. The topological polar surface area (TPSA) is 46.5 Å². The molecule has 0 saturated heterocycles. The van der Waals surface area contributed by atoms with Crippen LogP contribution in [0.1, 0.15) is 18.1 Å². The SMILES string of the molecule is CCc1cc(C)cc(OCC(=O)O)c1. The van der Waals surface area contributed by atoms with Crippen LogP contribution in [-0.4, -0.2) is 17.7 Å². The molecule has 3 heteroatoms. The average Bonchev–Trinajstić information content (AvgIpc) is 2.14. The summed E-state index contributed by atoms with van der Waals surface area (Å²) >= 11 is 0. The number of hydrogen-bond acceptors (Lipinski definition) is 2. The van der Waals surface area contributed by atoms with E-state index >= 15 is 0 Å². The predicted molar refractivity (Wildman–Crippen MR) is 53.7 cm³/mol. The van der Waals surface area contributed by atoms with Gasteiger partial charge in [-0.3, -0.25) is 0 Å². The number of carbonyl (C=O) groups is 1. The molecule has 1 aromatic rings. The zero-order valence-corrected chi connectivity index (χ0v) is 8.41. The van der Waals surface area contributed by atoms with Crippen LogP contribution in [0.4, 0.5) is 0 Å². The van der Waals surface area contributed by atoms with Crippen LogP contribution in [0.3, 0.4) is 0 Å². The molecule has 1 aromatic carbocycles. The highest BCUT2D eigenvalue weighted by Crippen LogP contribution is 2.17. The van der Waals surface area contributed by atoms with Crippen LogP contribution in [-0.2, 0) is 11.2 Å². The molecule has 0 radical (unpaired) electrons. The number of carboxylic acids is 1. The number of carboxylic acid groups (broad SMARTS) is 1. The van der Waals surface area contributed by atoms with E-state index in [1.165, 1.54) is 0 Å². The molecule has 0 atom stereocenters. The van der Waals surface area contributed by atoms with E-state index in [2.05, 4.69) is 13.0 Å². The second kappa shape index (κ2) is 4.65. The summed E-state index contributed by atoms with van der Waals surface area (Å²) in [6.07, 6.45) is 0.922. The van der Waals surface area contributed by atoms with Gasteiger partial charge in [0, 0.05) is 0 Å². The van der Waals surface area contributed by atoms with Crippen LogP contribution >= 0.6 is 0 Å². The Labute approximate surface area is 83.3 Å². The maximum absolute atomic E-state index is 10.3. The standard InChI is InChI=1S/C11H14O3/c1-3-9-4-8(2)5-10(6-9)14-7-11(12)13/h4-6H,3,7H2,1-2H3,(H,12,13). The fourth-order valence-electron chi connectivity index (χ4n) is 1.26. The molecule has 0 amide bonds. The van der Waals surface area contributed by atoms with Crippen molar-refractivity contribution in [1.82, 2.24) is 0 Å². The summed E-state index contributed by atoms with van der Waals surface area (Å²) in [7, 11) is 0. The van der Waals surface area contributed by atoms with Gasteiger partial charge in [0.1, 0.15) is 5.75 Å². The molecule has 3 nitrogen and oxygen atoms in total. The highest BCUT2D eigenvalue weighted by Gasteiger charge is 2.01. The van der Waals surface area contributed by atoms with Crippen LogP contribution in [0.15, 0.2) is 18.2 Å². The van der Waals surface area contributed by atoms with Gasteiger partial charge in [-0.05, 0) is 36.6 Å². The number of rotatable bonds is 4. The van der Waals surface area contributed by atoms with Crippen molar-refractivity contribution in [1.29, 1.82) is 0 Å². The largest absolute Gasteiger partial charge is 0.482 e. The molecule has 0 saturated carbocycles. The molecule has 1 N–H and O–H groups in total. The summed E-state index contributed by atoms with van der Waals surface area (Å²) in [5.41, 5.74) is 2.25. The number of hydrogen-bond donors (Lipinski definition) is 1. The maximum atomic E-state index is 10.3. The Morgan fingerprint density at radius 2 is 2.14 bits per heavy atom. The first kappa shape index (κ1) is 10.6. The Morgan fingerprint density at radius 1 is 1.43 bits per heavy atom. The average molecular weight is 194 g/mol. The van der Waals surface area contributed by atoms with Crippen molar-refractivity contribution in [3.8, 4) is 5.75 Å². The van der Waals surface area contributed by atoms with Crippen molar-refractivity contribution >= 4 is 5.97 Å². The third-order valence-electron chi connectivity index (χ3n) is 1.88. The van der Waals surface area contributed by atoms with Crippen LogP contribution in [0.25, 0.3) is 0 Å². The molecule has 0 bridgehead atoms. The Hall–Kier alpha value is -1.51. The quantitative estimate of drug-likeness (QED) is 0.797. The minimum atomic E-state index is -0.954. The van der Waals surface area contributed by atoms with E-state index in [1.54, 1.807) is 0 Å². The smallest absolute Gasteiger partial charge is 0.341 e. The monoisotopic (exact) mass is 194 g/mol. The van der Waals surface area contributed by atoms with Gasteiger partial charge in [0.05, 0.1) is 0 Å². The van der Waals surface area contributed by atoms with E-state index in [-0.39, 0.29) is 6.61 Å². The summed E-state index contributed by atoms with van der Waals surface area (Å²) in [4.78, 5) is 10.3. The minimum absolute atomic E-state index is 0.285. The molecule has 0 aliphatic heterocycles. The van der Waals surface area contributed by atoms with Crippen molar-refractivity contribution in [2.24, 2.45) is 0 Å². The summed E-state index contributed by atoms with van der Waals surface area (Å²) in [5, 5.41) is 8.45. The van der Waals surface area contributed by atoms with Crippen LogP contribution in [0.5, 0.6) is 5.75 Å². The fourth-order valence-corrected chi connectivity index (χ4v) is 1.26. The first-order valence-corrected chi connectivity index (χ1v) is 4.57. The van der Waals surface area contributed by atoms with Gasteiger partial charge in [0.2, 0.25) is 0 Å². The first-order chi connectivity index (χ1) is 6.61. The molecule has 0 aromatic heterocycles. The lowest BCUT2D eigenvalue weighted by atomic mass is 10.1. The van der Waals surface area contributed by atoms with Gasteiger partial charge in [-0.25, -0.2) is 4.79 Å². The van der Waals surface area contributed by atoms with Crippen molar-refractivity contribution in [3.63, 3.8) is 0 Å². The lowest BCUT2D eigenvalue weighted by molar-refractivity contribution is -0.139. The van der Waals surface area contributed by atoms with E-state index < -0.39 is 5.97 Å². The zero-order chi connectivity index (χ0) is 10.6. The zero-order valence-electron chi connectivity index (χ0n) is 8.41. The van der Waals surface area contributed by atoms with Gasteiger partial charge >= 0.3 is 5.97 Å². The molecule has 0 aliphatic rings. The van der Waals surface area contributed by atoms with Crippen molar-refractivity contribution in [2.45, 2.75) is 20.3 Å². The van der Waals surface area contributed by atoms with Gasteiger partial charge < -0.3 is 9.84 Å². The van der Waals surface area contributed by atoms with Crippen LogP contribution < -0.4 is 4.74 Å². The molecule has 0 heterocycles. The minimum Gasteiger partial charge on any atom is -0.482 e. The Balaban J connectivity index is 2.76. The van der Waals surface area contributed by atoms with Gasteiger partial charge in [-0.15, -0.1) is 0 Å². The van der Waals surface area contributed by atoms with Crippen LogP contribution in [0.2, 0.25) is 0 Å². The number of benzene rings is 1. The number of aryl methyl sites for hydroxylation is 2. The third-order valence-corrected chi connectivity index (χ3v) is 1.88. The lowest BCUT2D eigenvalue weighted by Crippen LogP contribution is -2.09. The number of ether oxygens (including phenoxy) is 1. The Kier molecular flexibility index (Phi) is 3.51. The summed E-state index contributed by atoms with van der Waals surface area (Å²) in [6.45, 7) is 3.73. The maximum Gasteiger partial charge on any atom is 0.341 e. The van der Waals surface area contributed by atoms with Gasteiger partial charge in [0.15, 0.2) is 6.61 Å². The van der Waals surface area contributed by atoms with Gasteiger partial charge in [-0.2, -0.15) is 0 Å².